The SMILES string of the molecule is CC1CC(C)(C)N(Cc2ccccc2)C(C)(C)C1.CCCCCCCCCCCCCCCCCC(=O)O. The Bertz CT molecular complexity index is 694. The summed E-state index contributed by atoms with van der Waals surface area (Å²) >= 11 is 0. The van der Waals surface area contributed by atoms with Gasteiger partial charge in [0.25, 0.3) is 0 Å². The fourth-order valence-corrected chi connectivity index (χ4v) is 6.66. The Labute approximate surface area is 237 Å². The Kier molecular flexibility index (Phi) is 17.9. The van der Waals surface area contributed by atoms with Gasteiger partial charge in [0.05, 0.1) is 0 Å². The molecule has 1 N–H and O–H groups in total. The lowest BCUT2D eigenvalue weighted by Gasteiger charge is -2.55. The maximum Gasteiger partial charge on any atom is 0.303 e. The second-order valence-corrected chi connectivity index (χ2v) is 13.3. The highest BCUT2D eigenvalue weighted by Crippen LogP contribution is 2.42. The average molecular weight is 530 g/mol. The number of rotatable bonds is 18. The number of benzene rings is 1. The second kappa shape index (κ2) is 19.7. The molecule has 1 heterocycles. The standard InChI is InChI=1S/C18H36O2.C17H27N/c1-2-3-4-5-6-7-8-9-10-11-12-13-14-15-16-17-18(19)20;1-14-11-16(2,3)18(17(4,5)12-14)13-15-9-7-6-8-10-15/h2-17H2,1H3,(H,19,20);6-10,14H,11-13H2,1-5H3. The van der Waals surface area contributed by atoms with Gasteiger partial charge in [0.15, 0.2) is 0 Å². The summed E-state index contributed by atoms with van der Waals surface area (Å²) in [6, 6.07) is 10.9. The maximum atomic E-state index is 10.3. The van der Waals surface area contributed by atoms with E-state index in [1.807, 2.05) is 0 Å². The molecule has 1 fully saturated rings. The largest absolute Gasteiger partial charge is 0.481 e. The Morgan fingerprint density at radius 3 is 1.53 bits per heavy atom. The number of aliphatic carboxylic acids is 1. The highest BCUT2D eigenvalue weighted by molar-refractivity contribution is 5.66. The van der Waals surface area contributed by atoms with Crippen LogP contribution in [-0.4, -0.2) is 27.1 Å². The van der Waals surface area contributed by atoms with Gasteiger partial charge < -0.3 is 5.11 Å². The fourth-order valence-electron chi connectivity index (χ4n) is 6.66. The number of hydrogen-bond donors (Lipinski definition) is 1. The molecular formula is C35H63NO2. The van der Waals surface area contributed by atoms with Gasteiger partial charge in [-0.2, -0.15) is 0 Å². The number of nitrogens with zero attached hydrogens (tertiary/aromatic N) is 1. The molecule has 3 nitrogen and oxygen atoms in total. The third-order valence-corrected chi connectivity index (χ3v) is 8.34. The number of carboxylic acids is 1. The van der Waals surface area contributed by atoms with E-state index >= 15 is 0 Å². The van der Waals surface area contributed by atoms with Gasteiger partial charge in [-0.3, -0.25) is 9.69 Å². The van der Waals surface area contributed by atoms with Crippen LogP contribution >= 0.6 is 0 Å². The van der Waals surface area contributed by atoms with Crippen LogP contribution in [0.5, 0.6) is 0 Å². The minimum Gasteiger partial charge on any atom is -0.481 e. The summed E-state index contributed by atoms with van der Waals surface area (Å²) in [4.78, 5) is 13.0. The number of carboxylic acid groups (broad SMARTS) is 1. The van der Waals surface area contributed by atoms with E-state index in [0.29, 0.717) is 6.42 Å². The first-order valence-corrected chi connectivity index (χ1v) is 16.1. The first kappa shape index (κ1) is 34.7. The quantitative estimate of drug-likeness (QED) is 0.192. The summed E-state index contributed by atoms with van der Waals surface area (Å²) in [7, 11) is 0. The molecule has 0 aliphatic carbocycles. The Balaban J connectivity index is 0.000000381. The number of hydrogen-bond acceptors (Lipinski definition) is 2. The van der Waals surface area contributed by atoms with Crippen LogP contribution in [0.4, 0.5) is 0 Å². The van der Waals surface area contributed by atoms with Crippen molar-refractivity contribution in [3.05, 3.63) is 35.9 Å². The lowest BCUT2D eigenvalue weighted by molar-refractivity contribution is -0.137. The molecule has 0 unspecified atom stereocenters. The Morgan fingerprint density at radius 1 is 0.737 bits per heavy atom. The number of piperidine rings is 1. The summed E-state index contributed by atoms with van der Waals surface area (Å²) in [5.74, 6) is 0.168. The molecule has 0 atom stereocenters. The summed E-state index contributed by atoms with van der Waals surface area (Å²) < 4.78 is 0. The summed E-state index contributed by atoms with van der Waals surface area (Å²) in [6.45, 7) is 15.3. The lowest BCUT2D eigenvalue weighted by Crippen LogP contribution is -2.59. The number of likely N-dealkylation sites (tertiary alicyclic amines) is 1. The molecule has 0 aromatic heterocycles. The Morgan fingerprint density at radius 2 is 1.13 bits per heavy atom. The van der Waals surface area contributed by atoms with Crippen molar-refractivity contribution in [3.8, 4) is 0 Å². The molecule has 38 heavy (non-hydrogen) atoms. The molecule has 1 aromatic carbocycles. The zero-order chi connectivity index (χ0) is 28.3. The highest BCUT2D eigenvalue weighted by atomic mass is 16.4. The molecule has 2 rings (SSSR count). The number of unbranched alkanes of at least 4 members (excludes halogenated alkanes) is 14. The van der Waals surface area contributed by atoms with Crippen molar-refractivity contribution < 1.29 is 9.90 Å². The first-order valence-electron chi connectivity index (χ1n) is 16.1. The second-order valence-electron chi connectivity index (χ2n) is 13.3. The van der Waals surface area contributed by atoms with E-state index < -0.39 is 5.97 Å². The predicted molar refractivity (Wildman–Crippen MR) is 166 cm³/mol. The molecule has 220 valence electrons. The minimum atomic E-state index is -0.653. The third kappa shape index (κ3) is 15.9. The molecule has 1 saturated heterocycles. The molecule has 1 aromatic rings. The normalized spacial score (nSPS) is 17.1. The van der Waals surface area contributed by atoms with Crippen molar-refractivity contribution in [2.75, 3.05) is 0 Å². The molecular weight excluding hydrogens is 466 g/mol. The molecule has 0 spiro atoms. The van der Waals surface area contributed by atoms with E-state index in [0.717, 1.165) is 25.3 Å². The third-order valence-electron chi connectivity index (χ3n) is 8.34. The first-order chi connectivity index (χ1) is 18.1. The highest BCUT2D eigenvalue weighted by Gasteiger charge is 2.43. The van der Waals surface area contributed by atoms with Crippen LogP contribution in [0.15, 0.2) is 30.3 Å². The summed E-state index contributed by atoms with van der Waals surface area (Å²) in [5.41, 5.74) is 2.00. The molecule has 1 aliphatic rings. The van der Waals surface area contributed by atoms with Gasteiger partial charge in [-0.05, 0) is 58.4 Å². The van der Waals surface area contributed by atoms with Crippen LogP contribution in [0.1, 0.15) is 163 Å². The summed E-state index contributed by atoms with van der Waals surface area (Å²) in [5, 5.41) is 8.52. The van der Waals surface area contributed by atoms with Crippen molar-refractivity contribution in [1.82, 2.24) is 4.90 Å². The van der Waals surface area contributed by atoms with Gasteiger partial charge in [0, 0.05) is 24.0 Å². The van der Waals surface area contributed by atoms with Gasteiger partial charge in [-0.1, -0.05) is 134 Å². The fraction of sp³-hybridized carbons (Fsp3) is 0.800. The van der Waals surface area contributed by atoms with Crippen molar-refractivity contribution in [1.29, 1.82) is 0 Å². The van der Waals surface area contributed by atoms with E-state index in [9.17, 15) is 4.79 Å². The van der Waals surface area contributed by atoms with Gasteiger partial charge in [0.2, 0.25) is 0 Å². The molecule has 0 saturated carbocycles. The van der Waals surface area contributed by atoms with Crippen LogP contribution in [0.25, 0.3) is 0 Å². The monoisotopic (exact) mass is 529 g/mol. The van der Waals surface area contributed by atoms with Crippen LogP contribution < -0.4 is 0 Å². The maximum absolute atomic E-state index is 10.3. The lowest BCUT2D eigenvalue weighted by atomic mass is 9.74. The summed E-state index contributed by atoms with van der Waals surface area (Å²) in [6.07, 6.45) is 22.8. The van der Waals surface area contributed by atoms with Crippen LogP contribution in [0.3, 0.4) is 0 Å². The van der Waals surface area contributed by atoms with Crippen LogP contribution in [0.2, 0.25) is 0 Å². The van der Waals surface area contributed by atoms with Gasteiger partial charge >= 0.3 is 5.97 Å². The van der Waals surface area contributed by atoms with Gasteiger partial charge in [0.1, 0.15) is 0 Å². The zero-order valence-electron chi connectivity index (χ0n) is 26.2. The molecule has 3 heteroatoms. The van der Waals surface area contributed by atoms with Gasteiger partial charge in [-0.15, -0.1) is 0 Å². The molecule has 0 radical (unpaired) electrons. The van der Waals surface area contributed by atoms with E-state index in [2.05, 4.69) is 76.8 Å². The molecule has 1 aliphatic heterocycles. The van der Waals surface area contributed by atoms with E-state index in [1.54, 1.807) is 0 Å². The van der Waals surface area contributed by atoms with Gasteiger partial charge in [-0.25, -0.2) is 0 Å². The average Bonchev–Trinajstić information content (AvgIpc) is 2.84. The zero-order valence-corrected chi connectivity index (χ0v) is 26.2. The van der Waals surface area contributed by atoms with Crippen LogP contribution in [-0.2, 0) is 11.3 Å². The van der Waals surface area contributed by atoms with Crippen LogP contribution in [0, 0.1) is 5.92 Å². The van der Waals surface area contributed by atoms with Crippen molar-refractivity contribution in [2.24, 2.45) is 5.92 Å². The van der Waals surface area contributed by atoms with E-state index in [1.165, 1.54) is 102 Å². The van der Waals surface area contributed by atoms with Crippen molar-refractivity contribution in [3.63, 3.8) is 0 Å². The predicted octanol–water partition coefficient (Wildman–Crippen LogP) is 10.8. The Hall–Kier alpha value is -1.35. The van der Waals surface area contributed by atoms with Crippen molar-refractivity contribution in [2.45, 2.75) is 175 Å². The van der Waals surface area contributed by atoms with E-state index in [4.69, 9.17) is 5.11 Å². The molecule has 0 bridgehead atoms. The topological polar surface area (TPSA) is 40.5 Å². The smallest absolute Gasteiger partial charge is 0.303 e. The van der Waals surface area contributed by atoms with E-state index in [-0.39, 0.29) is 11.1 Å². The molecule has 0 amide bonds. The van der Waals surface area contributed by atoms with Crippen molar-refractivity contribution >= 4 is 5.97 Å². The number of carbonyl (C=O) groups is 1. The minimum absolute atomic E-state index is 0.289.